The average molecular weight is 330 g/mol. The summed E-state index contributed by atoms with van der Waals surface area (Å²) in [5.74, 6) is 1.11. The fourth-order valence-electron chi connectivity index (χ4n) is 2.43. The third-order valence-electron chi connectivity index (χ3n) is 3.80. The van der Waals surface area contributed by atoms with Crippen molar-refractivity contribution in [3.05, 3.63) is 46.4 Å². The Hall–Kier alpha value is -1.88. The van der Waals surface area contributed by atoms with Crippen LogP contribution in [0.4, 0.5) is 0 Å². The number of rotatable bonds is 7. The molecule has 4 nitrogen and oxygen atoms in total. The highest BCUT2D eigenvalue weighted by atomic mass is 32.1. The molecule has 122 valence electrons. The molecule has 0 aliphatic heterocycles. The van der Waals surface area contributed by atoms with E-state index >= 15 is 0 Å². The molecular formula is C18H22N2O2S. The minimum Gasteiger partial charge on any atom is -0.486 e. The van der Waals surface area contributed by atoms with Gasteiger partial charge in [0.1, 0.15) is 17.4 Å². The van der Waals surface area contributed by atoms with E-state index in [-0.39, 0.29) is 11.8 Å². The van der Waals surface area contributed by atoms with Gasteiger partial charge in [-0.1, -0.05) is 32.0 Å². The van der Waals surface area contributed by atoms with Crippen molar-refractivity contribution in [2.24, 2.45) is 5.92 Å². The molecule has 1 aromatic carbocycles. The highest BCUT2D eigenvalue weighted by Crippen LogP contribution is 2.30. The molecule has 0 atom stereocenters. The standard InChI is InChI=1S/C18H22N2O2S/c1-13(2)18(21)20(15-8-9-15)10-14-12-23-17(19-14)11-22-16-6-4-3-5-7-16/h3-7,12-13,15H,8-11H2,1-2H3. The number of aromatic nitrogens is 1. The molecule has 23 heavy (non-hydrogen) atoms. The zero-order valence-corrected chi connectivity index (χ0v) is 14.4. The minimum absolute atomic E-state index is 0.0371. The number of carbonyl (C=O) groups is 1. The molecule has 1 aliphatic rings. The predicted octanol–water partition coefficient (Wildman–Crippen LogP) is 3.87. The number of hydrogen-bond acceptors (Lipinski definition) is 4. The molecule has 0 bridgehead atoms. The summed E-state index contributed by atoms with van der Waals surface area (Å²) in [5.41, 5.74) is 0.961. The molecule has 1 aliphatic carbocycles. The van der Waals surface area contributed by atoms with Gasteiger partial charge in [0, 0.05) is 17.3 Å². The van der Waals surface area contributed by atoms with Gasteiger partial charge in [-0.3, -0.25) is 4.79 Å². The number of ether oxygens (including phenoxy) is 1. The van der Waals surface area contributed by atoms with Gasteiger partial charge in [-0.05, 0) is 25.0 Å². The SMILES string of the molecule is CC(C)C(=O)N(Cc1csc(COc2ccccc2)n1)C1CC1. The highest BCUT2D eigenvalue weighted by molar-refractivity contribution is 7.09. The number of para-hydroxylation sites is 1. The van der Waals surface area contributed by atoms with Crippen molar-refractivity contribution in [1.29, 1.82) is 0 Å². The van der Waals surface area contributed by atoms with Crippen LogP contribution >= 0.6 is 11.3 Å². The second kappa shape index (κ2) is 7.13. The number of carbonyl (C=O) groups excluding carboxylic acids is 1. The lowest BCUT2D eigenvalue weighted by molar-refractivity contribution is -0.135. The van der Waals surface area contributed by atoms with Gasteiger partial charge in [0.25, 0.3) is 0 Å². The third kappa shape index (κ3) is 4.32. The van der Waals surface area contributed by atoms with Crippen LogP contribution in [0.25, 0.3) is 0 Å². The van der Waals surface area contributed by atoms with Crippen LogP contribution < -0.4 is 4.74 Å². The third-order valence-corrected chi connectivity index (χ3v) is 4.67. The lowest BCUT2D eigenvalue weighted by atomic mass is 10.2. The van der Waals surface area contributed by atoms with Crippen molar-refractivity contribution in [2.75, 3.05) is 0 Å². The molecule has 1 saturated carbocycles. The Balaban J connectivity index is 1.59. The normalized spacial score (nSPS) is 14.0. The summed E-state index contributed by atoms with van der Waals surface area (Å²) in [6.07, 6.45) is 2.24. The maximum Gasteiger partial charge on any atom is 0.225 e. The number of benzene rings is 1. The number of thiazole rings is 1. The number of nitrogens with zero attached hydrogens (tertiary/aromatic N) is 2. The van der Waals surface area contributed by atoms with E-state index in [0.29, 0.717) is 19.2 Å². The van der Waals surface area contributed by atoms with Crippen molar-refractivity contribution in [1.82, 2.24) is 9.88 Å². The Kier molecular flexibility index (Phi) is 4.96. The summed E-state index contributed by atoms with van der Waals surface area (Å²) in [6, 6.07) is 10.2. The Morgan fingerprint density at radius 2 is 2.09 bits per heavy atom. The van der Waals surface area contributed by atoms with Crippen LogP contribution in [0.1, 0.15) is 37.4 Å². The largest absolute Gasteiger partial charge is 0.486 e. The summed E-state index contributed by atoms with van der Waals surface area (Å²) >= 11 is 1.59. The van der Waals surface area contributed by atoms with E-state index in [0.717, 1.165) is 29.3 Å². The van der Waals surface area contributed by atoms with Crippen LogP contribution in [-0.2, 0) is 17.9 Å². The minimum atomic E-state index is 0.0371. The molecule has 0 N–H and O–H groups in total. The van der Waals surface area contributed by atoms with E-state index in [1.54, 1.807) is 11.3 Å². The fraction of sp³-hybridized carbons (Fsp3) is 0.444. The molecule has 1 aromatic heterocycles. The number of amides is 1. The average Bonchev–Trinajstić information content (AvgIpc) is 3.30. The Morgan fingerprint density at radius 1 is 1.35 bits per heavy atom. The maximum absolute atomic E-state index is 12.3. The van der Waals surface area contributed by atoms with Gasteiger partial charge in [0.05, 0.1) is 12.2 Å². The van der Waals surface area contributed by atoms with E-state index in [9.17, 15) is 4.79 Å². The Morgan fingerprint density at radius 3 is 2.74 bits per heavy atom. The topological polar surface area (TPSA) is 42.4 Å². The van der Waals surface area contributed by atoms with Gasteiger partial charge in [-0.15, -0.1) is 11.3 Å². The van der Waals surface area contributed by atoms with E-state index < -0.39 is 0 Å². The first-order valence-electron chi connectivity index (χ1n) is 8.05. The van der Waals surface area contributed by atoms with Gasteiger partial charge >= 0.3 is 0 Å². The quantitative estimate of drug-likeness (QED) is 0.774. The summed E-state index contributed by atoms with van der Waals surface area (Å²) in [4.78, 5) is 18.9. The van der Waals surface area contributed by atoms with Crippen molar-refractivity contribution >= 4 is 17.2 Å². The molecule has 0 radical (unpaired) electrons. The zero-order valence-electron chi connectivity index (χ0n) is 13.6. The predicted molar refractivity (Wildman–Crippen MR) is 91.3 cm³/mol. The van der Waals surface area contributed by atoms with Crippen LogP contribution in [0.2, 0.25) is 0 Å². The Labute approximate surface area is 141 Å². The highest BCUT2D eigenvalue weighted by Gasteiger charge is 2.33. The first kappa shape index (κ1) is 16.0. The second-order valence-electron chi connectivity index (χ2n) is 6.19. The molecule has 1 fully saturated rings. The van der Waals surface area contributed by atoms with Gasteiger partial charge in [-0.25, -0.2) is 4.98 Å². The van der Waals surface area contributed by atoms with Crippen molar-refractivity contribution in [3.63, 3.8) is 0 Å². The molecular weight excluding hydrogens is 308 g/mol. The molecule has 1 amide bonds. The lowest BCUT2D eigenvalue weighted by Gasteiger charge is -2.23. The van der Waals surface area contributed by atoms with Crippen molar-refractivity contribution in [2.45, 2.75) is 45.9 Å². The van der Waals surface area contributed by atoms with Crippen LogP contribution in [0.3, 0.4) is 0 Å². The van der Waals surface area contributed by atoms with E-state index in [4.69, 9.17) is 4.74 Å². The first-order chi connectivity index (χ1) is 11.1. The molecule has 0 spiro atoms. The van der Waals surface area contributed by atoms with Gasteiger partial charge in [-0.2, -0.15) is 0 Å². The fourth-order valence-corrected chi connectivity index (χ4v) is 3.13. The van der Waals surface area contributed by atoms with Crippen LogP contribution in [-0.4, -0.2) is 21.8 Å². The maximum atomic E-state index is 12.3. The Bertz CT molecular complexity index is 650. The van der Waals surface area contributed by atoms with Crippen LogP contribution in [0.5, 0.6) is 5.75 Å². The lowest BCUT2D eigenvalue weighted by Crippen LogP contribution is -2.35. The number of hydrogen-bond donors (Lipinski definition) is 0. The summed E-state index contributed by atoms with van der Waals surface area (Å²) < 4.78 is 5.72. The van der Waals surface area contributed by atoms with E-state index in [2.05, 4.69) is 4.98 Å². The van der Waals surface area contributed by atoms with Crippen LogP contribution in [0.15, 0.2) is 35.7 Å². The molecule has 0 saturated heterocycles. The first-order valence-corrected chi connectivity index (χ1v) is 8.93. The molecule has 3 rings (SSSR count). The molecule has 0 unspecified atom stereocenters. The molecule has 2 aromatic rings. The summed E-state index contributed by atoms with van der Waals surface area (Å²) in [7, 11) is 0. The zero-order chi connectivity index (χ0) is 16.2. The monoisotopic (exact) mass is 330 g/mol. The van der Waals surface area contributed by atoms with Gasteiger partial charge < -0.3 is 9.64 Å². The smallest absolute Gasteiger partial charge is 0.225 e. The van der Waals surface area contributed by atoms with Gasteiger partial charge in [0.15, 0.2) is 0 Å². The summed E-state index contributed by atoms with van der Waals surface area (Å²) in [5, 5.41) is 2.98. The second-order valence-corrected chi connectivity index (χ2v) is 7.13. The van der Waals surface area contributed by atoms with Gasteiger partial charge in [0.2, 0.25) is 5.91 Å². The van der Waals surface area contributed by atoms with Crippen LogP contribution in [0, 0.1) is 5.92 Å². The van der Waals surface area contributed by atoms with E-state index in [1.165, 1.54) is 0 Å². The van der Waals surface area contributed by atoms with Crippen molar-refractivity contribution in [3.8, 4) is 5.75 Å². The van der Waals surface area contributed by atoms with E-state index in [1.807, 2.05) is 54.5 Å². The van der Waals surface area contributed by atoms with Crippen molar-refractivity contribution < 1.29 is 9.53 Å². The molecule has 1 heterocycles. The molecule has 5 heteroatoms. The summed E-state index contributed by atoms with van der Waals surface area (Å²) in [6.45, 7) is 5.00.